The summed E-state index contributed by atoms with van der Waals surface area (Å²) in [5.41, 5.74) is 3.53. The smallest absolute Gasteiger partial charge is 0.251 e. The Kier molecular flexibility index (Phi) is 8.18. The molecule has 1 aliphatic rings. The largest absolute Gasteiger partial charge is 0.388 e. The first-order valence-electron chi connectivity index (χ1n) is 12.6. The average Bonchev–Trinajstić information content (AvgIpc) is 3.29. The monoisotopic (exact) mass is 554 g/mol. The molecule has 1 aromatic heterocycles. The zero-order valence-corrected chi connectivity index (χ0v) is 23.3. The van der Waals surface area contributed by atoms with Gasteiger partial charge in [0, 0.05) is 43.8 Å². The number of benzene rings is 2. The average molecular weight is 555 g/mol. The highest BCUT2D eigenvalue weighted by Gasteiger charge is 2.45. The van der Waals surface area contributed by atoms with E-state index in [1.165, 1.54) is 6.92 Å². The van der Waals surface area contributed by atoms with E-state index in [1.807, 2.05) is 49.3 Å². The van der Waals surface area contributed by atoms with E-state index in [2.05, 4.69) is 16.9 Å². The van der Waals surface area contributed by atoms with E-state index in [1.54, 1.807) is 30.7 Å². The molecule has 0 saturated carbocycles. The lowest BCUT2D eigenvalue weighted by atomic mass is 9.96. The van der Waals surface area contributed by atoms with Crippen molar-refractivity contribution in [2.75, 3.05) is 19.0 Å². The Morgan fingerprint density at radius 2 is 1.74 bits per heavy atom. The maximum Gasteiger partial charge on any atom is 0.251 e. The summed E-state index contributed by atoms with van der Waals surface area (Å²) >= 11 is 0. The van der Waals surface area contributed by atoms with Crippen LogP contribution in [0.1, 0.15) is 26.0 Å². The van der Waals surface area contributed by atoms with Crippen molar-refractivity contribution in [2.45, 2.75) is 50.9 Å². The van der Waals surface area contributed by atoms with Crippen LogP contribution in [0.4, 0.5) is 5.69 Å². The summed E-state index contributed by atoms with van der Waals surface area (Å²) in [4.78, 5) is 1.46. The molecule has 1 unspecified atom stereocenters. The molecule has 39 heavy (non-hydrogen) atoms. The van der Waals surface area contributed by atoms with Crippen LogP contribution in [0, 0.1) is 11.3 Å². The maximum absolute atomic E-state index is 13.2. The Labute approximate surface area is 228 Å². The molecule has 4 rings (SSSR count). The summed E-state index contributed by atoms with van der Waals surface area (Å²) in [6.45, 7) is 3.22. The summed E-state index contributed by atoms with van der Waals surface area (Å²) in [5, 5.41) is 43.0. The van der Waals surface area contributed by atoms with Gasteiger partial charge in [0.25, 0.3) is 10.0 Å². The Morgan fingerprint density at radius 1 is 1.08 bits per heavy atom. The number of ether oxygens (including phenoxy) is 1. The van der Waals surface area contributed by atoms with Gasteiger partial charge >= 0.3 is 0 Å². The fourth-order valence-corrected chi connectivity index (χ4v) is 6.32. The van der Waals surface area contributed by atoms with Gasteiger partial charge in [-0.2, -0.15) is 9.98 Å². The highest BCUT2D eigenvalue weighted by molar-refractivity contribution is 7.93. The third-order valence-electron chi connectivity index (χ3n) is 7.27. The molecule has 2 aromatic carbocycles. The Morgan fingerprint density at radius 3 is 2.38 bits per heavy atom. The molecule has 0 spiro atoms. The molecule has 11 heteroatoms. The fraction of sp³-hybridized carbons (Fsp3) is 0.393. The number of rotatable bonds is 7. The fourth-order valence-electron chi connectivity index (χ4n) is 4.96. The highest BCUT2D eigenvalue weighted by Crippen LogP contribution is 2.31. The molecule has 1 aliphatic heterocycles. The number of anilines is 1. The number of allylic oxidation sites excluding steroid dienone is 2. The van der Waals surface area contributed by atoms with Gasteiger partial charge in [0.05, 0.1) is 6.10 Å². The third kappa shape index (κ3) is 5.45. The molecule has 2 heterocycles. The Balaban J connectivity index is 1.66. The van der Waals surface area contributed by atoms with E-state index < -0.39 is 45.6 Å². The SMILES string of the molecule is CC[C@H]1OC(O)[C@H](NS(=O)(=O)/C(C#N)=C(\C)c2ccc(-c3ccc4cc(N(C)C)ccc4c3)n2C)[C@@H](O)[C@@H]1O. The minimum atomic E-state index is -4.50. The van der Waals surface area contributed by atoms with Crippen molar-refractivity contribution in [3.05, 3.63) is 59.1 Å². The van der Waals surface area contributed by atoms with Crippen LogP contribution >= 0.6 is 0 Å². The lowest BCUT2D eigenvalue weighted by molar-refractivity contribution is -0.244. The normalized spacial score (nSPS) is 24.3. The number of hydrogen-bond acceptors (Lipinski definition) is 8. The number of aliphatic hydroxyl groups is 3. The number of nitrogens with zero attached hydrogens (tertiary/aromatic N) is 3. The lowest BCUT2D eigenvalue weighted by Gasteiger charge is -2.40. The maximum atomic E-state index is 13.2. The second kappa shape index (κ2) is 11.1. The van der Waals surface area contributed by atoms with Gasteiger partial charge in [-0.3, -0.25) is 0 Å². The quantitative estimate of drug-likeness (QED) is 0.325. The van der Waals surface area contributed by atoms with Crippen LogP contribution in [0.2, 0.25) is 0 Å². The van der Waals surface area contributed by atoms with Crippen molar-refractivity contribution >= 4 is 32.1 Å². The number of aromatic nitrogens is 1. The molecule has 1 fully saturated rings. The van der Waals surface area contributed by atoms with Crippen molar-refractivity contribution in [1.29, 1.82) is 5.26 Å². The second-order valence-electron chi connectivity index (χ2n) is 9.97. The number of hydrogen-bond donors (Lipinski definition) is 4. The molecule has 3 aromatic rings. The van der Waals surface area contributed by atoms with Crippen molar-refractivity contribution in [3.8, 4) is 17.3 Å². The first-order valence-corrected chi connectivity index (χ1v) is 14.1. The van der Waals surface area contributed by atoms with Crippen LogP contribution in [0.5, 0.6) is 0 Å². The first kappa shape index (κ1) is 28.8. The Bertz CT molecular complexity index is 1560. The molecular weight excluding hydrogens is 520 g/mol. The zero-order valence-electron chi connectivity index (χ0n) is 22.5. The summed E-state index contributed by atoms with van der Waals surface area (Å²) in [6, 6.07) is 16.0. The van der Waals surface area contributed by atoms with Crippen molar-refractivity contribution in [2.24, 2.45) is 7.05 Å². The van der Waals surface area contributed by atoms with Gasteiger partial charge in [-0.1, -0.05) is 25.1 Å². The summed E-state index contributed by atoms with van der Waals surface area (Å²) < 4.78 is 35.7. The standard InChI is InChI=1S/C28H34N4O6S/c1-6-23-26(33)27(34)25(28(35)38-23)30-39(36,37)24(15-29)16(2)21-11-12-22(32(21)5)19-8-7-18-14-20(31(3)4)10-9-17(18)13-19/h7-14,23,25-28,30,33-35H,6H2,1-5H3/b24-16+/t23-,25-,26-,27-,28?/m1/s1. The van der Waals surface area contributed by atoms with Gasteiger partial charge in [0.15, 0.2) is 11.2 Å². The topological polar surface area (TPSA) is 148 Å². The van der Waals surface area contributed by atoms with E-state index in [4.69, 9.17) is 4.74 Å². The minimum Gasteiger partial charge on any atom is -0.388 e. The van der Waals surface area contributed by atoms with Crippen LogP contribution in [-0.2, 0) is 21.8 Å². The Hall–Kier alpha value is -3.24. The molecular formula is C28H34N4O6S. The molecule has 0 amide bonds. The van der Waals surface area contributed by atoms with E-state index in [-0.39, 0.29) is 5.57 Å². The van der Waals surface area contributed by atoms with Crippen LogP contribution in [0.3, 0.4) is 0 Å². The predicted octanol–water partition coefficient (Wildman–Crippen LogP) is 2.30. The van der Waals surface area contributed by atoms with Gasteiger partial charge < -0.3 is 29.5 Å². The summed E-state index contributed by atoms with van der Waals surface area (Å²) in [7, 11) is 1.25. The summed E-state index contributed by atoms with van der Waals surface area (Å²) in [6.07, 6.45) is -5.28. The van der Waals surface area contributed by atoms with Crippen molar-refractivity contribution in [1.82, 2.24) is 9.29 Å². The van der Waals surface area contributed by atoms with Gasteiger partial charge in [-0.15, -0.1) is 0 Å². The molecule has 0 aliphatic carbocycles. The second-order valence-corrected chi connectivity index (χ2v) is 11.6. The van der Waals surface area contributed by atoms with E-state index in [9.17, 15) is 29.0 Å². The number of aliphatic hydroxyl groups excluding tert-OH is 3. The molecule has 4 N–H and O–H groups in total. The first-order chi connectivity index (χ1) is 18.4. The number of nitriles is 1. The van der Waals surface area contributed by atoms with Crippen LogP contribution in [0.15, 0.2) is 53.4 Å². The van der Waals surface area contributed by atoms with Crippen LogP contribution < -0.4 is 9.62 Å². The number of sulfonamides is 1. The van der Waals surface area contributed by atoms with E-state index >= 15 is 0 Å². The zero-order chi connectivity index (χ0) is 28.6. The molecule has 1 saturated heterocycles. The minimum absolute atomic E-state index is 0.183. The molecule has 208 valence electrons. The third-order valence-corrected chi connectivity index (χ3v) is 8.78. The number of nitrogens with one attached hydrogen (secondary N) is 1. The van der Waals surface area contributed by atoms with Crippen LogP contribution in [0.25, 0.3) is 27.6 Å². The van der Waals surface area contributed by atoms with Gasteiger partial charge in [0.2, 0.25) is 0 Å². The number of fused-ring (bicyclic) bond motifs is 1. The highest BCUT2D eigenvalue weighted by atomic mass is 32.2. The van der Waals surface area contributed by atoms with Gasteiger partial charge in [-0.25, -0.2) is 8.42 Å². The van der Waals surface area contributed by atoms with Gasteiger partial charge in [0.1, 0.15) is 24.3 Å². The van der Waals surface area contributed by atoms with Crippen molar-refractivity contribution < 1.29 is 28.5 Å². The lowest BCUT2D eigenvalue weighted by Crippen LogP contribution is -2.63. The molecule has 5 atom stereocenters. The van der Waals surface area contributed by atoms with Gasteiger partial charge in [-0.05, 0) is 60.0 Å². The molecule has 0 bridgehead atoms. The molecule has 0 radical (unpaired) electrons. The molecule has 10 nitrogen and oxygen atoms in total. The van der Waals surface area contributed by atoms with Crippen molar-refractivity contribution in [3.63, 3.8) is 0 Å². The van der Waals surface area contributed by atoms with E-state index in [0.717, 1.165) is 27.7 Å². The van der Waals surface area contributed by atoms with E-state index in [0.29, 0.717) is 12.1 Å². The predicted molar refractivity (Wildman–Crippen MR) is 150 cm³/mol. The van der Waals surface area contributed by atoms with Crippen LogP contribution in [-0.4, -0.2) is 73.0 Å². The summed E-state index contributed by atoms with van der Waals surface area (Å²) in [5.74, 6) is 0.